The molecule has 0 fully saturated rings. The first-order chi connectivity index (χ1) is 18.6. The van der Waals surface area contributed by atoms with Gasteiger partial charge in [-0.15, -0.1) is 0 Å². The van der Waals surface area contributed by atoms with Gasteiger partial charge in [-0.25, -0.2) is 26.3 Å². The van der Waals surface area contributed by atoms with Crippen molar-refractivity contribution in [1.29, 1.82) is 0 Å². The molecule has 11 heteroatoms. The molecule has 8 nitrogen and oxygen atoms in total. The smallest absolute Gasteiger partial charge is 0.526 e. The average molecular weight is 563 g/mol. The summed E-state index contributed by atoms with van der Waals surface area (Å²) < 4.78 is 66.0. The molecule has 0 spiro atoms. The summed E-state index contributed by atoms with van der Waals surface area (Å²) in [6.45, 7) is 4.03. The van der Waals surface area contributed by atoms with Crippen molar-refractivity contribution in [3.8, 4) is 11.5 Å². The Hall–Kier alpha value is -3.64. The summed E-state index contributed by atoms with van der Waals surface area (Å²) in [5.74, 6) is 1.03. The van der Waals surface area contributed by atoms with Gasteiger partial charge in [-0.3, -0.25) is 0 Å². The number of hydrogen-bond acceptors (Lipinski definition) is 6. The maximum absolute atomic E-state index is 12.5. The fraction of sp³-hybridized carbons (Fsp3) is 0.143. The molecule has 0 amide bonds. The van der Waals surface area contributed by atoms with Gasteiger partial charge in [-0.05, 0) is 79.1 Å². The molecule has 0 aliphatic rings. The average Bonchev–Trinajstić information content (AvgIpc) is 2.92. The molecule has 0 saturated carbocycles. The van der Waals surface area contributed by atoms with E-state index in [2.05, 4.69) is 9.44 Å². The maximum Gasteiger partial charge on any atom is 0.658 e. The zero-order chi connectivity index (χ0) is 27.9. The molecular formula is C28H28BN2O6S2. The van der Waals surface area contributed by atoms with Gasteiger partial charge in [0.05, 0.1) is 9.79 Å². The van der Waals surface area contributed by atoms with Crippen LogP contribution in [0.2, 0.25) is 0 Å². The Morgan fingerprint density at radius 2 is 1.08 bits per heavy atom. The highest BCUT2D eigenvalue weighted by atomic mass is 32.2. The lowest BCUT2D eigenvalue weighted by Gasteiger charge is -2.10. The van der Waals surface area contributed by atoms with E-state index in [1.165, 1.54) is 7.69 Å². The van der Waals surface area contributed by atoms with Crippen molar-refractivity contribution in [3.63, 3.8) is 0 Å². The highest BCUT2D eigenvalue weighted by Gasteiger charge is 2.14. The Morgan fingerprint density at radius 1 is 0.590 bits per heavy atom. The van der Waals surface area contributed by atoms with Crippen molar-refractivity contribution < 1.29 is 26.1 Å². The minimum Gasteiger partial charge on any atom is -0.526 e. The standard InChI is InChI=1S/C28H28BN2O6S2/c1-21-6-16-27(17-7-21)38(32,33)30-19-23-8-12-25(13-9-23)36-29-37-26-14-10-24(11-15-26)20-31-39(34,35)28-5-3-4-22(2)18-28/h3-18,30-31H,19-20H2,1-2H3. The number of hydrogen-bond donors (Lipinski definition) is 2. The third-order valence-corrected chi connectivity index (χ3v) is 8.59. The number of aryl methyl sites for hydroxylation is 2. The summed E-state index contributed by atoms with van der Waals surface area (Å²) in [5.41, 5.74) is 3.40. The van der Waals surface area contributed by atoms with Gasteiger partial charge in [0.2, 0.25) is 20.0 Å². The molecule has 39 heavy (non-hydrogen) atoms. The van der Waals surface area contributed by atoms with E-state index in [-0.39, 0.29) is 22.9 Å². The van der Waals surface area contributed by atoms with Crippen LogP contribution in [-0.2, 0) is 33.1 Å². The van der Waals surface area contributed by atoms with Crippen molar-refractivity contribution in [3.05, 3.63) is 119 Å². The van der Waals surface area contributed by atoms with Gasteiger partial charge in [0.1, 0.15) is 11.5 Å². The Morgan fingerprint density at radius 3 is 1.56 bits per heavy atom. The summed E-state index contributed by atoms with van der Waals surface area (Å²) in [6, 6.07) is 27.3. The number of rotatable bonds is 12. The predicted molar refractivity (Wildman–Crippen MR) is 150 cm³/mol. The van der Waals surface area contributed by atoms with E-state index in [0.29, 0.717) is 11.5 Å². The van der Waals surface area contributed by atoms with Crippen molar-refractivity contribution in [2.45, 2.75) is 36.7 Å². The number of benzene rings is 4. The van der Waals surface area contributed by atoms with Crippen LogP contribution in [-0.4, -0.2) is 24.5 Å². The molecule has 0 bridgehead atoms. The van der Waals surface area contributed by atoms with E-state index in [1.807, 2.05) is 19.9 Å². The van der Waals surface area contributed by atoms with Crippen LogP contribution in [0.3, 0.4) is 0 Å². The molecule has 4 aromatic rings. The van der Waals surface area contributed by atoms with Crippen LogP contribution in [0.1, 0.15) is 22.3 Å². The summed E-state index contributed by atoms with van der Waals surface area (Å²) in [4.78, 5) is 0.446. The van der Waals surface area contributed by atoms with Gasteiger partial charge < -0.3 is 9.31 Å². The van der Waals surface area contributed by atoms with Gasteiger partial charge in [0.15, 0.2) is 0 Å². The van der Waals surface area contributed by atoms with Gasteiger partial charge >= 0.3 is 7.69 Å². The van der Waals surface area contributed by atoms with E-state index < -0.39 is 20.0 Å². The van der Waals surface area contributed by atoms with E-state index in [9.17, 15) is 16.8 Å². The lowest BCUT2D eigenvalue weighted by atomic mass is 10.2. The number of nitrogens with one attached hydrogen (secondary N) is 2. The fourth-order valence-corrected chi connectivity index (χ4v) is 5.67. The summed E-state index contributed by atoms with van der Waals surface area (Å²) >= 11 is 0. The van der Waals surface area contributed by atoms with Crippen molar-refractivity contribution in [2.24, 2.45) is 0 Å². The lowest BCUT2D eigenvalue weighted by Crippen LogP contribution is -2.23. The summed E-state index contributed by atoms with van der Waals surface area (Å²) in [6.07, 6.45) is 0. The Labute approximate surface area is 230 Å². The first kappa shape index (κ1) is 28.4. The first-order valence-corrected chi connectivity index (χ1v) is 15.0. The normalized spacial score (nSPS) is 11.6. The highest BCUT2D eigenvalue weighted by molar-refractivity contribution is 7.89. The van der Waals surface area contributed by atoms with Gasteiger partial charge in [0.25, 0.3) is 0 Å². The molecule has 2 N–H and O–H groups in total. The van der Waals surface area contributed by atoms with Crippen molar-refractivity contribution >= 4 is 27.7 Å². The quantitative estimate of drug-likeness (QED) is 0.250. The van der Waals surface area contributed by atoms with Crippen LogP contribution in [0, 0.1) is 13.8 Å². The van der Waals surface area contributed by atoms with Gasteiger partial charge in [-0.1, -0.05) is 54.1 Å². The SMILES string of the molecule is Cc1ccc(S(=O)(=O)NCc2ccc(O[B]Oc3ccc(CNS(=O)(=O)c4cccc(C)c4)cc3)cc2)cc1. The van der Waals surface area contributed by atoms with Gasteiger partial charge in [-0.2, -0.15) is 0 Å². The Balaban J connectivity index is 1.21. The molecule has 0 aromatic heterocycles. The first-order valence-electron chi connectivity index (χ1n) is 12.1. The molecular weight excluding hydrogens is 535 g/mol. The maximum atomic E-state index is 12.5. The van der Waals surface area contributed by atoms with Crippen molar-refractivity contribution in [1.82, 2.24) is 9.44 Å². The van der Waals surface area contributed by atoms with Crippen LogP contribution >= 0.6 is 0 Å². The second-order valence-corrected chi connectivity index (χ2v) is 12.4. The summed E-state index contributed by atoms with van der Waals surface area (Å²) in [7, 11) is -6.02. The third-order valence-electron chi connectivity index (χ3n) is 5.78. The highest BCUT2D eigenvalue weighted by Crippen LogP contribution is 2.17. The Kier molecular flexibility index (Phi) is 9.08. The van der Waals surface area contributed by atoms with E-state index >= 15 is 0 Å². The molecule has 0 aliphatic heterocycles. The number of sulfonamides is 2. The molecule has 0 aliphatic carbocycles. The topological polar surface area (TPSA) is 111 Å². The van der Waals surface area contributed by atoms with Crippen LogP contribution in [0.15, 0.2) is 107 Å². The molecule has 0 heterocycles. The van der Waals surface area contributed by atoms with E-state index in [1.54, 1.807) is 91.0 Å². The van der Waals surface area contributed by atoms with Crippen LogP contribution in [0.4, 0.5) is 0 Å². The largest absolute Gasteiger partial charge is 0.658 e. The van der Waals surface area contributed by atoms with Gasteiger partial charge in [0, 0.05) is 13.1 Å². The molecule has 1 radical (unpaired) electrons. The van der Waals surface area contributed by atoms with Crippen molar-refractivity contribution in [2.75, 3.05) is 0 Å². The second kappa shape index (κ2) is 12.5. The molecule has 0 atom stereocenters. The van der Waals surface area contributed by atoms with E-state index in [4.69, 9.17) is 9.31 Å². The Bertz CT molecular complexity index is 1610. The molecule has 0 unspecified atom stereocenters. The van der Waals surface area contributed by atoms with E-state index in [0.717, 1.165) is 22.3 Å². The fourth-order valence-electron chi connectivity index (χ4n) is 3.53. The van der Waals surface area contributed by atoms with Crippen LogP contribution in [0.25, 0.3) is 0 Å². The predicted octanol–water partition coefficient (Wildman–Crippen LogP) is 4.25. The lowest BCUT2D eigenvalue weighted by molar-refractivity contribution is 0.459. The minimum absolute atomic E-state index is 0.143. The molecule has 4 aromatic carbocycles. The zero-order valence-electron chi connectivity index (χ0n) is 21.5. The zero-order valence-corrected chi connectivity index (χ0v) is 23.1. The third kappa shape index (κ3) is 8.17. The molecule has 201 valence electrons. The summed E-state index contributed by atoms with van der Waals surface area (Å²) in [5, 5.41) is 0. The monoisotopic (exact) mass is 563 g/mol. The van der Waals surface area contributed by atoms with Crippen LogP contribution < -0.4 is 18.8 Å². The second-order valence-electron chi connectivity index (χ2n) is 8.90. The molecule has 0 saturated heterocycles. The molecule has 4 rings (SSSR count). The minimum atomic E-state index is -3.61. The van der Waals surface area contributed by atoms with Crippen LogP contribution in [0.5, 0.6) is 11.5 Å².